The van der Waals surface area contributed by atoms with E-state index in [0.29, 0.717) is 24.3 Å². The Bertz CT molecular complexity index is 669. The summed E-state index contributed by atoms with van der Waals surface area (Å²) in [6, 6.07) is 12.7. The van der Waals surface area contributed by atoms with Crippen LogP contribution in [0.4, 0.5) is 20.6 Å². The van der Waals surface area contributed by atoms with Crippen molar-refractivity contribution in [1.29, 1.82) is 0 Å². The predicted molar refractivity (Wildman–Crippen MR) is 87.9 cm³/mol. The number of halogens is 1. The smallest absolute Gasteiger partial charge is 0.319 e. The average Bonchev–Trinajstić information content (AvgIpc) is 2.51. The number of urea groups is 1. The summed E-state index contributed by atoms with van der Waals surface area (Å²) >= 11 is 0. The second-order valence-corrected chi connectivity index (χ2v) is 5.02. The highest BCUT2D eigenvalue weighted by Gasteiger charge is 2.02. The summed E-state index contributed by atoms with van der Waals surface area (Å²) in [4.78, 5) is 22.7. The second kappa shape index (κ2) is 7.93. The van der Waals surface area contributed by atoms with Crippen LogP contribution in [0.1, 0.15) is 12.5 Å². The van der Waals surface area contributed by atoms with Crippen LogP contribution in [0.2, 0.25) is 0 Å². The molecule has 0 fully saturated rings. The lowest BCUT2D eigenvalue weighted by Crippen LogP contribution is -2.30. The van der Waals surface area contributed by atoms with Crippen LogP contribution in [-0.2, 0) is 11.2 Å². The lowest BCUT2D eigenvalue weighted by molar-refractivity contribution is -0.114. The van der Waals surface area contributed by atoms with E-state index in [1.165, 1.54) is 19.1 Å². The maximum Gasteiger partial charge on any atom is 0.319 e. The van der Waals surface area contributed by atoms with Crippen LogP contribution in [0.15, 0.2) is 48.5 Å². The monoisotopic (exact) mass is 315 g/mol. The van der Waals surface area contributed by atoms with Crippen LogP contribution in [-0.4, -0.2) is 18.5 Å². The lowest BCUT2D eigenvalue weighted by atomic mass is 10.1. The molecule has 5 nitrogen and oxygen atoms in total. The van der Waals surface area contributed by atoms with Crippen molar-refractivity contribution in [1.82, 2.24) is 5.32 Å². The van der Waals surface area contributed by atoms with Gasteiger partial charge in [0.1, 0.15) is 5.82 Å². The Morgan fingerprint density at radius 3 is 2.04 bits per heavy atom. The summed E-state index contributed by atoms with van der Waals surface area (Å²) in [6.07, 6.45) is 0.620. The van der Waals surface area contributed by atoms with E-state index in [1.807, 2.05) is 0 Å². The number of hydrogen-bond donors (Lipinski definition) is 3. The zero-order valence-corrected chi connectivity index (χ0v) is 12.7. The molecule has 3 N–H and O–H groups in total. The van der Waals surface area contributed by atoms with Gasteiger partial charge in [-0.1, -0.05) is 12.1 Å². The number of anilines is 2. The molecule has 2 rings (SSSR count). The summed E-state index contributed by atoms with van der Waals surface area (Å²) in [7, 11) is 0. The van der Waals surface area contributed by atoms with Crippen molar-refractivity contribution in [3.63, 3.8) is 0 Å². The van der Waals surface area contributed by atoms with E-state index < -0.39 is 0 Å². The van der Waals surface area contributed by atoms with E-state index >= 15 is 0 Å². The Labute approximate surface area is 133 Å². The zero-order valence-electron chi connectivity index (χ0n) is 12.7. The minimum atomic E-state index is -0.320. The molecule has 0 saturated heterocycles. The van der Waals surface area contributed by atoms with Crippen LogP contribution < -0.4 is 16.0 Å². The number of nitrogens with one attached hydrogen (secondary N) is 3. The van der Waals surface area contributed by atoms with Gasteiger partial charge in [-0.3, -0.25) is 4.79 Å². The first-order valence-corrected chi connectivity index (χ1v) is 7.20. The number of rotatable bonds is 5. The largest absolute Gasteiger partial charge is 0.338 e. The quantitative estimate of drug-likeness (QED) is 0.793. The molecule has 0 aliphatic rings. The summed E-state index contributed by atoms with van der Waals surface area (Å²) < 4.78 is 12.8. The molecule has 0 aliphatic carbocycles. The molecule has 120 valence electrons. The fourth-order valence-electron chi connectivity index (χ4n) is 1.99. The predicted octanol–water partition coefficient (Wildman–Crippen LogP) is 3.15. The average molecular weight is 315 g/mol. The molecule has 0 atom stereocenters. The van der Waals surface area contributed by atoms with E-state index in [9.17, 15) is 14.0 Å². The second-order valence-electron chi connectivity index (χ2n) is 5.02. The molecule has 6 heteroatoms. The Morgan fingerprint density at radius 2 is 1.48 bits per heavy atom. The van der Waals surface area contributed by atoms with Gasteiger partial charge in [-0.2, -0.15) is 0 Å². The Morgan fingerprint density at radius 1 is 0.913 bits per heavy atom. The van der Waals surface area contributed by atoms with Gasteiger partial charge in [0, 0.05) is 24.8 Å². The van der Waals surface area contributed by atoms with Crippen LogP contribution in [0.25, 0.3) is 0 Å². The molecule has 2 aromatic rings. The third-order valence-corrected chi connectivity index (χ3v) is 3.08. The van der Waals surface area contributed by atoms with Crippen molar-refractivity contribution in [2.45, 2.75) is 13.3 Å². The molecule has 3 amide bonds. The fourth-order valence-corrected chi connectivity index (χ4v) is 1.99. The van der Waals surface area contributed by atoms with Gasteiger partial charge in [-0.05, 0) is 48.4 Å². The number of benzene rings is 2. The van der Waals surface area contributed by atoms with E-state index in [4.69, 9.17) is 0 Å². The van der Waals surface area contributed by atoms with Crippen molar-refractivity contribution in [3.8, 4) is 0 Å². The normalized spacial score (nSPS) is 10.0. The first kappa shape index (κ1) is 16.5. The van der Waals surface area contributed by atoms with Crippen molar-refractivity contribution in [2.24, 2.45) is 0 Å². The van der Waals surface area contributed by atoms with Crippen molar-refractivity contribution < 1.29 is 14.0 Å². The maximum absolute atomic E-state index is 12.8. The minimum absolute atomic E-state index is 0.149. The van der Waals surface area contributed by atoms with E-state index in [1.54, 1.807) is 36.4 Å². The molecule has 0 heterocycles. The van der Waals surface area contributed by atoms with E-state index in [2.05, 4.69) is 16.0 Å². The molecule has 0 aliphatic heterocycles. The number of carbonyl (C=O) groups excluding carboxylic acids is 2. The Kier molecular flexibility index (Phi) is 5.68. The summed E-state index contributed by atoms with van der Waals surface area (Å²) in [5.74, 6) is -0.425. The third kappa shape index (κ3) is 5.78. The maximum atomic E-state index is 12.8. The number of amides is 3. The van der Waals surface area contributed by atoms with Crippen LogP contribution >= 0.6 is 0 Å². The summed E-state index contributed by atoms with van der Waals surface area (Å²) in [5, 5.41) is 8.07. The molecular weight excluding hydrogens is 297 g/mol. The van der Waals surface area contributed by atoms with Crippen molar-refractivity contribution in [3.05, 3.63) is 59.9 Å². The lowest BCUT2D eigenvalue weighted by Gasteiger charge is -2.09. The van der Waals surface area contributed by atoms with Crippen molar-refractivity contribution in [2.75, 3.05) is 17.2 Å². The van der Waals surface area contributed by atoms with E-state index in [0.717, 1.165) is 5.56 Å². The molecule has 23 heavy (non-hydrogen) atoms. The number of hydrogen-bond acceptors (Lipinski definition) is 2. The van der Waals surface area contributed by atoms with Gasteiger partial charge in [0.15, 0.2) is 0 Å². The highest BCUT2D eigenvalue weighted by atomic mass is 19.1. The molecule has 0 saturated carbocycles. The summed E-state index contributed by atoms with van der Waals surface area (Å²) in [5.41, 5.74) is 2.24. The van der Waals surface area contributed by atoms with Gasteiger partial charge >= 0.3 is 6.03 Å². The van der Waals surface area contributed by atoms with Crippen LogP contribution in [0, 0.1) is 5.82 Å². The zero-order chi connectivity index (χ0) is 16.7. The topological polar surface area (TPSA) is 70.2 Å². The highest BCUT2D eigenvalue weighted by Crippen LogP contribution is 2.13. The molecule has 0 unspecified atom stereocenters. The highest BCUT2D eigenvalue weighted by molar-refractivity contribution is 5.91. The fraction of sp³-hybridized carbons (Fsp3) is 0.176. The minimum Gasteiger partial charge on any atom is -0.338 e. The molecule has 2 aromatic carbocycles. The molecular formula is C17H18FN3O2. The molecule has 0 aromatic heterocycles. The van der Waals surface area contributed by atoms with Gasteiger partial charge in [0.05, 0.1) is 0 Å². The van der Waals surface area contributed by atoms with Gasteiger partial charge in [0.25, 0.3) is 0 Å². The Balaban J connectivity index is 1.76. The first-order valence-electron chi connectivity index (χ1n) is 7.20. The van der Waals surface area contributed by atoms with Gasteiger partial charge in [-0.15, -0.1) is 0 Å². The number of carbonyl (C=O) groups is 2. The van der Waals surface area contributed by atoms with Gasteiger partial charge in [-0.25, -0.2) is 9.18 Å². The van der Waals surface area contributed by atoms with Gasteiger partial charge in [0.2, 0.25) is 5.91 Å². The standard InChI is InChI=1S/C17H18FN3O2/c1-12(22)20-15-6-8-16(9-7-15)21-17(23)19-11-10-13-2-4-14(18)5-3-13/h2-9H,10-11H2,1H3,(H,20,22)(H2,19,21,23). The van der Waals surface area contributed by atoms with Crippen LogP contribution in [0.3, 0.4) is 0 Å². The molecule has 0 spiro atoms. The van der Waals surface area contributed by atoms with E-state index in [-0.39, 0.29) is 17.8 Å². The molecule has 0 bridgehead atoms. The van der Waals surface area contributed by atoms with Crippen LogP contribution in [0.5, 0.6) is 0 Å². The molecule has 0 radical (unpaired) electrons. The first-order chi connectivity index (χ1) is 11.0. The van der Waals surface area contributed by atoms with Gasteiger partial charge < -0.3 is 16.0 Å². The Hall–Kier alpha value is -2.89. The third-order valence-electron chi connectivity index (χ3n) is 3.08. The summed E-state index contributed by atoms with van der Waals surface area (Å²) in [6.45, 7) is 1.88. The SMILES string of the molecule is CC(=O)Nc1ccc(NC(=O)NCCc2ccc(F)cc2)cc1. The van der Waals surface area contributed by atoms with Crippen molar-refractivity contribution >= 4 is 23.3 Å².